The number of amides is 2. The summed E-state index contributed by atoms with van der Waals surface area (Å²) < 4.78 is 12.5. The van der Waals surface area contributed by atoms with E-state index in [9.17, 15) is 9.59 Å². The van der Waals surface area contributed by atoms with Crippen molar-refractivity contribution < 1.29 is 19.1 Å². The predicted molar refractivity (Wildman–Crippen MR) is 211 cm³/mol. The molecule has 0 radical (unpaired) electrons. The molecule has 0 aromatic heterocycles. The van der Waals surface area contributed by atoms with Crippen molar-refractivity contribution >= 4 is 11.8 Å². The maximum atomic E-state index is 12.4. The van der Waals surface area contributed by atoms with Crippen LogP contribution in [0.2, 0.25) is 0 Å². The fraction of sp³-hybridized carbons (Fsp3) is 0.682. The molecule has 0 heterocycles. The zero-order valence-corrected chi connectivity index (χ0v) is 34.0. The first-order valence-electron chi connectivity index (χ1n) is 19.5. The standard InChI is InChI=1S/C44H72N2O4/c1-13-41(5,6)33-23-25-37(35(31-33)43(9,10)15-3)49-29-19-27-45-39(47)21-17-18-22-40(48)46-28-20-30-50-38-26-24-34(42(7,8)14-2)32-36(38)44(11,12)16-4/h23-26,31-32H,13-22,27-30H2,1-12H3,(H,45,47)(H,46,48). The van der Waals surface area contributed by atoms with Crippen LogP contribution in [0.4, 0.5) is 0 Å². The summed E-state index contributed by atoms with van der Waals surface area (Å²) in [5.41, 5.74) is 5.47. The van der Waals surface area contributed by atoms with E-state index in [2.05, 4.69) is 130 Å². The molecule has 2 aromatic rings. The third kappa shape index (κ3) is 12.9. The maximum Gasteiger partial charge on any atom is 0.219 e. The Kier molecular flexibility index (Phi) is 16.9. The first-order chi connectivity index (χ1) is 23.4. The molecule has 0 saturated carbocycles. The average molecular weight is 693 g/mol. The summed E-state index contributed by atoms with van der Waals surface area (Å²) in [5.74, 6) is 1.93. The van der Waals surface area contributed by atoms with Crippen LogP contribution in [0.1, 0.15) is 170 Å². The highest BCUT2D eigenvalue weighted by atomic mass is 16.5. The van der Waals surface area contributed by atoms with Crippen LogP contribution in [0.25, 0.3) is 0 Å². The fourth-order valence-electron chi connectivity index (χ4n) is 5.71. The minimum atomic E-state index is 0.0177. The van der Waals surface area contributed by atoms with Gasteiger partial charge in [-0.25, -0.2) is 0 Å². The Morgan fingerprint density at radius 2 is 0.860 bits per heavy atom. The highest BCUT2D eigenvalue weighted by molar-refractivity contribution is 5.77. The lowest BCUT2D eigenvalue weighted by atomic mass is 9.76. The lowest BCUT2D eigenvalue weighted by Gasteiger charge is -2.30. The molecule has 2 N–H and O–H groups in total. The van der Waals surface area contributed by atoms with E-state index in [0.717, 1.165) is 50.0 Å². The van der Waals surface area contributed by atoms with E-state index in [1.165, 1.54) is 22.3 Å². The Balaban J connectivity index is 1.67. The number of unbranched alkanes of at least 4 members (excludes halogenated alkanes) is 1. The van der Waals surface area contributed by atoms with Gasteiger partial charge in [0.05, 0.1) is 13.2 Å². The molecule has 0 fully saturated rings. The molecular formula is C44H72N2O4. The van der Waals surface area contributed by atoms with Gasteiger partial charge in [-0.15, -0.1) is 0 Å². The van der Waals surface area contributed by atoms with Gasteiger partial charge in [0.15, 0.2) is 0 Å². The second kappa shape index (κ2) is 19.6. The third-order valence-corrected chi connectivity index (χ3v) is 11.4. The molecule has 0 bridgehead atoms. The molecule has 282 valence electrons. The highest BCUT2D eigenvalue weighted by Crippen LogP contribution is 2.40. The number of carbonyl (C=O) groups is 2. The first-order valence-corrected chi connectivity index (χ1v) is 19.5. The summed E-state index contributed by atoms with van der Waals surface area (Å²) in [5, 5.41) is 6.02. The Bertz CT molecular complexity index is 1250. The molecule has 0 unspecified atom stereocenters. The fourth-order valence-corrected chi connectivity index (χ4v) is 5.71. The van der Waals surface area contributed by atoms with Crippen molar-refractivity contribution in [2.24, 2.45) is 0 Å². The molecule has 6 heteroatoms. The summed E-state index contributed by atoms with van der Waals surface area (Å²) >= 11 is 0. The van der Waals surface area contributed by atoms with E-state index < -0.39 is 0 Å². The number of benzene rings is 2. The zero-order valence-electron chi connectivity index (χ0n) is 34.0. The molecule has 0 aliphatic heterocycles. The molecule has 6 nitrogen and oxygen atoms in total. The minimum absolute atomic E-state index is 0.0177. The van der Waals surface area contributed by atoms with Crippen molar-refractivity contribution in [1.29, 1.82) is 0 Å². The number of ether oxygens (including phenoxy) is 2. The van der Waals surface area contributed by atoms with Crippen molar-refractivity contribution in [2.45, 2.75) is 169 Å². The van der Waals surface area contributed by atoms with Crippen LogP contribution in [0.5, 0.6) is 11.5 Å². The smallest absolute Gasteiger partial charge is 0.219 e. The summed E-state index contributed by atoms with van der Waals surface area (Å²) in [7, 11) is 0. The Morgan fingerprint density at radius 1 is 0.520 bits per heavy atom. The van der Waals surface area contributed by atoms with Gasteiger partial charge in [0.2, 0.25) is 11.8 Å². The zero-order chi connectivity index (χ0) is 37.6. The van der Waals surface area contributed by atoms with E-state index in [1.54, 1.807) is 0 Å². The monoisotopic (exact) mass is 693 g/mol. The van der Waals surface area contributed by atoms with Gasteiger partial charge in [0.25, 0.3) is 0 Å². The summed E-state index contributed by atoms with van der Waals surface area (Å²) in [6.45, 7) is 29.4. The van der Waals surface area contributed by atoms with Crippen molar-refractivity contribution in [3.05, 3.63) is 58.7 Å². The number of carbonyl (C=O) groups excluding carboxylic acids is 2. The van der Waals surface area contributed by atoms with Crippen molar-refractivity contribution in [1.82, 2.24) is 10.6 Å². The van der Waals surface area contributed by atoms with Crippen molar-refractivity contribution in [3.63, 3.8) is 0 Å². The van der Waals surface area contributed by atoms with Crippen LogP contribution in [0, 0.1) is 0 Å². The lowest BCUT2D eigenvalue weighted by molar-refractivity contribution is -0.123. The number of hydrogen-bond donors (Lipinski definition) is 2. The molecule has 0 spiro atoms. The van der Waals surface area contributed by atoms with Crippen molar-refractivity contribution in [2.75, 3.05) is 26.3 Å². The van der Waals surface area contributed by atoms with E-state index >= 15 is 0 Å². The van der Waals surface area contributed by atoms with Gasteiger partial charge in [0.1, 0.15) is 11.5 Å². The molecule has 2 amide bonds. The van der Waals surface area contributed by atoms with Crippen LogP contribution in [0.3, 0.4) is 0 Å². The predicted octanol–water partition coefficient (Wildman–Crippen LogP) is 10.5. The molecule has 0 atom stereocenters. The van der Waals surface area contributed by atoms with Gasteiger partial charge in [0, 0.05) is 37.1 Å². The van der Waals surface area contributed by atoms with Crippen LogP contribution in [-0.4, -0.2) is 38.1 Å². The van der Waals surface area contributed by atoms with Gasteiger partial charge in [-0.2, -0.15) is 0 Å². The van der Waals surface area contributed by atoms with E-state index in [1.807, 2.05) is 0 Å². The topological polar surface area (TPSA) is 76.7 Å². The second-order valence-corrected chi connectivity index (χ2v) is 16.7. The molecule has 0 aliphatic carbocycles. The first kappa shape index (κ1) is 43.1. The molecule has 2 rings (SSSR count). The molecular weight excluding hydrogens is 620 g/mol. The molecule has 0 aliphatic rings. The number of hydrogen-bond acceptors (Lipinski definition) is 4. The maximum absolute atomic E-state index is 12.4. The van der Waals surface area contributed by atoms with Gasteiger partial charge in [-0.3, -0.25) is 9.59 Å². The van der Waals surface area contributed by atoms with Crippen molar-refractivity contribution in [3.8, 4) is 11.5 Å². The Hall–Kier alpha value is -3.02. The van der Waals surface area contributed by atoms with E-state index in [0.29, 0.717) is 52.0 Å². The highest BCUT2D eigenvalue weighted by Gasteiger charge is 2.28. The minimum Gasteiger partial charge on any atom is -0.493 e. The molecule has 50 heavy (non-hydrogen) atoms. The van der Waals surface area contributed by atoms with Gasteiger partial charge in [-0.1, -0.05) is 107 Å². The Labute approximate surface area is 306 Å². The quantitative estimate of drug-likeness (QED) is 0.114. The number of rotatable bonds is 23. The molecule has 0 saturated heterocycles. The second-order valence-electron chi connectivity index (χ2n) is 16.7. The van der Waals surface area contributed by atoms with Gasteiger partial charge < -0.3 is 20.1 Å². The summed E-state index contributed by atoms with van der Waals surface area (Å²) in [6, 6.07) is 13.3. The summed E-state index contributed by atoms with van der Waals surface area (Å²) in [4.78, 5) is 24.8. The Morgan fingerprint density at radius 3 is 1.18 bits per heavy atom. The summed E-state index contributed by atoms with van der Waals surface area (Å²) in [6.07, 6.45) is 7.93. The van der Waals surface area contributed by atoms with E-state index in [-0.39, 0.29) is 33.5 Å². The molecule has 2 aromatic carbocycles. The third-order valence-electron chi connectivity index (χ3n) is 11.4. The van der Waals surface area contributed by atoms with Crippen LogP contribution < -0.4 is 20.1 Å². The van der Waals surface area contributed by atoms with Gasteiger partial charge >= 0.3 is 0 Å². The lowest BCUT2D eigenvalue weighted by Crippen LogP contribution is -2.26. The normalized spacial score (nSPS) is 12.5. The SMILES string of the molecule is CCC(C)(C)c1ccc(OCCCNC(=O)CCCCC(=O)NCCCOc2ccc(C(C)(C)CC)cc2C(C)(C)CC)c(C(C)(C)CC)c1. The van der Waals surface area contributed by atoms with Crippen LogP contribution in [-0.2, 0) is 31.2 Å². The van der Waals surface area contributed by atoms with E-state index in [4.69, 9.17) is 9.47 Å². The average Bonchev–Trinajstić information content (AvgIpc) is 3.09. The van der Waals surface area contributed by atoms with Crippen LogP contribution in [0.15, 0.2) is 36.4 Å². The van der Waals surface area contributed by atoms with Crippen LogP contribution >= 0.6 is 0 Å². The largest absolute Gasteiger partial charge is 0.493 e. The number of nitrogens with one attached hydrogen (secondary N) is 2. The van der Waals surface area contributed by atoms with Gasteiger partial charge in [-0.05, 0) is 96.3 Å².